The topological polar surface area (TPSA) is 102 Å². The summed E-state index contributed by atoms with van der Waals surface area (Å²) in [7, 11) is 0. The Labute approximate surface area is 101 Å². The molecule has 0 aromatic rings. The Kier molecular flexibility index (Phi) is 8.77. The summed E-state index contributed by atoms with van der Waals surface area (Å²) < 4.78 is 4.81. The molecule has 0 aromatic carbocycles. The van der Waals surface area contributed by atoms with E-state index in [1.165, 1.54) is 0 Å². The third kappa shape index (κ3) is 9.37. The van der Waals surface area contributed by atoms with Crippen molar-refractivity contribution in [3.63, 3.8) is 0 Å². The van der Waals surface area contributed by atoms with E-state index in [2.05, 4.69) is 11.9 Å². The van der Waals surface area contributed by atoms with E-state index in [1.807, 2.05) is 0 Å². The summed E-state index contributed by atoms with van der Waals surface area (Å²) in [5.74, 6) is -0.998. The molecule has 98 valence electrons. The average molecular weight is 244 g/mol. The molecule has 17 heavy (non-hydrogen) atoms. The van der Waals surface area contributed by atoms with Crippen LogP contribution in [-0.4, -0.2) is 36.4 Å². The van der Waals surface area contributed by atoms with Crippen molar-refractivity contribution < 1.29 is 19.4 Å². The minimum Gasteiger partial charge on any atom is -0.480 e. The van der Waals surface area contributed by atoms with Gasteiger partial charge in [0.2, 0.25) is 0 Å². The van der Waals surface area contributed by atoms with Crippen molar-refractivity contribution in [3.05, 3.63) is 12.7 Å². The summed E-state index contributed by atoms with van der Waals surface area (Å²) in [6.07, 6.45) is 3.57. The van der Waals surface area contributed by atoms with Crippen molar-refractivity contribution >= 4 is 12.1 Å². The number of nitrogens with two attached hydrogens (primary N) is 1. The second kappa shape index (κ2) is 9.65. The fraction of sp³-hybridized carbons (Fsp3) is 0.636. The van der Waals surface area contributed by atoms with Crippen LogP contribution < -0.4 is 11.1 Å². The van der Waals surface area contributed by atoms with Gasteiger partial charge in [-0.05, 0) is 25.7 Å². The summed E-state index contributed by atoms with van der Waals surface area (Å²) in [4.78, 5) is 21.4. The number of hydrogen-bond donors (Lipinski definition) is 3. The number of carboxylic acids is 1. The Morgan fingerprint density at radius 2 is 2.18 bits per heavy atom. The maximum atomic E-state index is 11.0. The summed E-state index contributed by atoms with van der Waals surface area (Å²) in [6.45, 7) is 4.28. The molecule has 6 nitrogen and oxygen atoms in total. The van der Waals surface area contributed by atoms with Crippen molar-refractivity contribution in [2.24, 2.45) is 5.73 Å². The molecule has 0 spiro atoms. The fourth-order valence-electron chi connectivity index (χ4n) is 1.09. The molecule has 0 aliphatic rings. The molecule has 0 aromatic heterocycles. The molecule has 0 aliphatic heterocycles. The molecule has 0 rings (SSSR count). The van der Waals surface area contributed by atoms with Crippen LogP contribution in [-0.2, 0) is 9.53 Å². The quantitative estimate of drug-likeness (QED) is 0.412. The molecule has 0 fully saturated rings. The van der Waals surface area contributed by atoms with Crippen LogP contribution in [0.4, 0.5) is 4.79 Å². The van der Waals surface area contributed by atoms with Crippen LogP contribution in [0, 0.1) is 0 Å². The van der Waals surface area contributed by atoms with Crippen LogP contribution in [0.5, 0.6) is 0 Å². The molecule has 0 aliphatic carbocycles. The van der Waals surface area contributed by atoms with E-state index in [9.17, 15) is 9.59 Å². The SMILES string of the molecule is C=CCCOC(=O)NCCCC[C@H](N)C(=O)O. The number of unbranched alkanes of at least 4 members (excludes halogenated alkanes) is 1. The highest BCUT2D eigenvalue weighted by Gasteiger charge is 2.10. The zero-order valence-corrected chi connectivity index (χ0v) is 9.85. The first kappa shape index (κ1) is 15.4. The van der Waals surface area contributed by atoms with E-state index >= 15 is 0 Å². The summed E-state index contributed by atoms with van der Waals surface area (Å²) in [5, 5.41) is 11.1. The number of aliphatic carboxylic acids is 1. The van der Waals surface area contributed by atoms with Gasteiger partial charge in [-0.25, -0.2) is 4.79 Å². The molecule has 0 saturated heterocycles. The standard InChI is InChI=1S/C11H20N2O4/c1-2-3-8-17-11(16)13-7-5-4-6-9(12)10(14)15/h2,9H,1,3-8,12H2,(H,13,16)(H,14,15)/t9-/m0/s1. The first-order valence-electron chi connectivity index (χ1n) is 5.57. The van der Waals surface area contributed by atoms with Gasteiger partial charge in [-0.1, -0.05) is 6.08 Å². The molecule has 6 heteroatoms. The van der Waals surface area contributed by atoms with Gasteiger partial charge < -0.3 is 20.9 Å². The van der Waals surface area contributed by atoms with E-state index < -0.39 is 18.1 Å². The van der Waals surface area contributed by atoms with Crippen LogP contribution in [0.2, 0.25) is 0 Å². The Morgan fingerprint density at radius 3 is 2.76 bits per heavy atom. The molecule has 4 N–H and O–H groups in total. The molecule has 1 atom stereocenters. The number of nitrogens with one attached hydrogen (secondary N) is 1. The zero-order chi connectivity index (χ0) is 13.1. The molecule has 0 radical (unpaired) electrons. The highest BCUT2D eigenvalue weighted by molar-refractivity contribution is 5.72. The Hall–Kier alpha value is -1.56. The summed E-state index contributed by atoms with van der Waals surface area (Å²) in [6, 6.07) is -0.824. The number of alkyl carbamates (subject to hydrolysis) is 1. The fourth-order valence-corrected chi connectivity index (χ4v) is 1.09. The van der Waals surface area contributed by atoms with Crippen molar-refractivity contribution in [1.29, 1.82) is 0 Å². The van der Waals surface area contributed by atoms with Crippen LogP contribution in [0.3, 0.4) is 0 Å². The second-order valence-electron chi connectivity index (χ2n) is 3.58. The number of amides is 1. The van der Waals surface area contributed by atoms with Crippen molar-refractivity contribution in [1.82, 2.24) is 5.32 Å². The van der Waals surface area contributed by atoms with E-state index in [-0.39, 0.29) is 0 Å². The maximum Gasteiger partial charge on any atom is 0.407 e. The number of carbonyl (C=O) groups is 2. The highest BCUT2D eigenvalue weighted by atomic mass is 16.5. The van der Waals surface area contributed by atoms with Gasteiger partial charge >= 0.3 is 12.1 Å². The predicted octanol–water partition coefficient (Wildman–Crippen LogP) is 0.871. The van der Waals surface area contributed by atoms with Gasteiger partial charge in [0.15, 0.2) is 0 Å². The van der Waals surface area contributed by atoms with Crippen molar-refractivity contribution in [2.45, 2.75) is 31.7 Å². The summed E-state index contributed by atoms with van der Waals surface area (Å²) >= 11 is 0. The number of carboxylic acid groups (broad SMARTS) is 1. The van der Waals surface area contributed by atoms with Crippen LogP contribution in [0.25, 0.3) is 0 Å². The smallest absolute Gasteiger partial charge is 0.407 e. The Bertz CT molecular complexity index is 256. The van der Waals surface area contributed by atoms with Gasteiger partial charge in [-0.15, -0.1) is 6.58 Å². The molecule has 1 amide bonds. The van der Waals surface area contributed by atoms with Gasteiger partial charge in [-0.2, -0.15) is 0 Å². The van der Waals surface area contributed by atoms with Crippen molar-refractivity contribution in [2.75, 3.05) is 13.2 Å². The van der Waals surface area contributed by atoms with E-state index in [0.29, 0.717) is 38.8 Å². The van der Waals surface area contributed by atoms with Gasteiger partial charge in [0.05, 0.1) is 6.61 Å². The Balaban J connectivity index is 3.36. The number of hydrogen-bond acceptors (Lipinski definition) is 4. The van der Waals surface area contributed by atoms with Gasteiger partial charge in [-0.3, -0.25) is 4.79 Å². The lowest BCUT2D eigenvalue weighted by atomic mass is 10.1. The molecule has 0 bridgehead atoms. The molecular weight excluding hydrogens is 224 g/mol. The van der Waals surface area contributed by atoms with Gasteiger partial charge in [0.1, 0.15) is 6.04 Å². The van der Waals surface area contributed by atoms with Gasteiger partial charge in [0.25, 0.3) is 0 Å². The van der Waals surface area contributed by atoms with Crippen LogP contribution >= 0.6 is 0 Å². The first-order valence-corrected chi connectivity index (χ1v) is 5.57. The summed E-state index contributed by atoms with van der Waals surface area (Å²) in [5.41, 5.74) is 5.32. The normalized spacial score (nSPS) is 11.6. The largest absolute Gasteiger partial charge is 0.480 e. The lowest BCUT2D eigenvalue weighted by Crippen LogP contribution is -2.30. The second-order valence-corrected chi connectivity index (χ2v) is 3.58. The minimum atomic E-state index is -0.998. The molecule has 0 saturated carbocycles. The molecule has 0 heterocycles. The maximum absolute atomic E-state index is 11.0. The van der Waals surface area contributed by atoms with Gasteiger partial charge in [0, 0.05) is 6.54 Å². The minimum absolute atomic E-state index is 0.319. The third-order valence-electron chi connectivity index (χ3n) is 2.08. The lowest BCUT2D eigenvalue weighted by molar-refractivity contribution is -0.138. The highest BCUT2D eigenvalue weighted by Crippen LogP contribution is 1.98. The number of ether oxygens (including phenoxy) is 1. The average Bonchev–Trinajstić information content (AvgIpc) is 2.28. The molecule has 0 unspecified atom stereocenters. The van der Waals surface area contributed by atoms with E-state index in [0.717, 1.165) is 0 Å². The predicted molar refractivity (Wildman–Crippen MR) is 63.6 cm³/mol. The zero-order valence-electron chi connectivity index (χ0n) is 9.85. The lowest BCUT2D eigenvalue weighted by Gasteiger charge is -2.07. The van der Waals surface area contributed by atoms with E-state index in [4.69, 9.17) is 15.6 Å². The first-order chi connectivity index (χ1) is 8.07. The number of rotatable bonds is 9. The third-order valence-corrected chi connectivity index (χ3v) is 2.08. The van der Waals surface area contributed by atoms with Crippen molar-refractivity contribution in [3.8, 4) is 0 Å². The van der Waals surface area contributed by atoms with Crippen LogP contribution in [0.15, 0.2) is 12.7 Å². The van der Waals surface area contributed by atoms with E-state index in [1.54, 1.807) is 6.08 Å². The number of carbonyl (C=O) groups excluding carboxylic acids is 1. The Morgan fingerprint density at radius 1 is 1.47 bits per heavy atom. The van der Waals surface area contributed by atoms with Crippen LogP contribution in [0.1, 0.15) is 25.7 Å². The monoisotopic (exact) mass is 244 g/mol. The molecular formula is C11H20N2O4.